The van der Waals surface area contributed by atoms with Crippen molar-refractivity contribution in [1.82, 2.24) is 0 Å². The summed E-state index contributed by atoms with van der Waals surface area (Å²) in [5, 5.41) is 5.83. The first-order valence-corrected chi connectivity index (χ1v) is 14.3. The Morgan fingerprint density at radius 2 is 0.388 bits per heavy atom. The number of benzene rings is 4. The normalized spacial score (nSPS) is 6.49. The van der Waals surface area contributed by atoms with Gasteiger partial charge in [0.05, 0.1) is 0 Å². The van der Waals surface area contributed by atoms with Crippen molar-refractivity contribution < 1.29 is 88.7 Å². The molecule has 0 bridgehead atoms. The summed E-state index contributed by atoms with van der Waals surface area (Å²) in [6.07, 6.45) is 0. The predicted molar refractivity (Wildman–Crippen MR) is 162 cm³/mol. The van der Waals surface area contributed by atoms with Crippen molar-refractivity contribution in [2.24, 2.45) is 0 Å². The first kappa shape index (κ1) is 67.6. The summed E-state index contributed by atoms with van der Waals surface area (Å²) in [6, 6.07) is 44.1. The number of rotatable bonds is 6. The van der Waals surface area contributed by atoms with Crippen molar-refractivity contribution >= 4 is 37.1 Å². The van der Waals surface area contributed by atoms with Crippen molar-refractivity contribution in [3.05, 3.63) is 188 Å². The molecule has 0 aliphatic heterocycles. The molecule has 0 atom stereocenters. The third kappa shape index (κ3) is 34.2. The Bertz CT molecular complexity index is 1160. The molecule has 244 valence electrons. The van der Waals surface area contributed by atoms with E-state index < -0.39 is 15.8 Å². The van der Waals surface area contributed by atoms with Gasteiger partial charge in [-0.25, -0.2) is 0 Å². The van der Waals surface area contributed by atoms with Crippen LogP contribution in [-0.4, -0.2) is 5.90 Å². The van der Waals surface area contributed by atoms with Crippen molar-refractivity contribution in [2.45, 2.75) is 0 Å². The van der Waals surface area contributed by atoms with Gasteiger partial charge >= 0.3 is 113 Å². The van der Waals surface area contributed by atoms with Crippen LogP contribution in [0.5, 0.6) is 0 Å². The van der Waals surface area contributed by atoms with Gasteiger partial charge in [0, 0.05) is 48.0 Å². The summed E-state index contributed by atoms with van der Waals surface area (Å²) in [7, 11) is -0.817. The molecular weight excluding hydrogens is 1010 g/mol. The molecule has 4 aromatic rings. The quantitative estimate of drug-likeness (QED) is 0.145. The van der Waals surface area contributed by atoms with Crippen molar-refractivity contribution in [3.63, 3.8) is 0 Å². The monoisotopic (exact) mass is 1030 g/mol. The summed E-state index contributed by atoms with van der Waals surface area (Å²) in [4.78, 5) is 0. The molecule has 49 heavy (non-hydrogen) atoms. The largest absolute Gasteiger partial charge is 0.0622 e. The fourth-order valence-corrected chi connectivity index (χ4v) is 9.67. The van der Waals surface area contributed by atoms with Crippen LogP contribution in [0.4, 0.5) is 0 Å². The maximum Gasteiger partial charge on any atom is 0.00405 e. The van der Waals surface area contributed by atoms with E-state index in [0.717, 1.165) is 0 Å². The standard InChI is InChI=1S/C25H22P2.10CO.2W/c1-5-13-22(14-6-1)26(23-15-7-2-8-16-23)21-27(24-17-9-3-10-18-24)25-19-11-4-12-20-25;10*1-2;;/h1-20H,21H2;;;;;;;;;;;;. The molecule has 4 aromatic carbocycles. The number of hydrogen-bond donors (Lipinski definition) is 0. The van der Waals surface area contributed by atoms with E-state index in [9.17, 15) is 0 Å². The Labute approximate surface area is 317 Å². The molecule has 14 heteroatoms. The number of hydrogen-bond acceptors (Lipinski definition) is 0. The topological polar surface area (TPSA) is 199 Å². The van der Waals surface area contributed by atoms with Crippen LogP contribution >= 0.6 is 15.8 Å². The second-order valence-electron chi connectivity index (χ2n) is 6.34. The van der Waals surface area contributed by atoms with Crippen LogP contribution in [0.25, 0.3) is 0 Å². The van der Waals surface area contributed by atoms with Crippen molar-refractivity contribution in [2.75, 3.05) is 5.90 Å². The smallest absolute Gasteiger partial charge is 0.00405 e. The van der Waals surface area contributed by atoms with E-state index in [0.29, 0.717) is 0 Å². The maximum absolute atomic E-state index is 7.50. The van der Waals surface area contributed by atoms with E-state index in [2.05, 4.69) is 188 Å². The van der Waals surface area contributed by atoms with Gasteiger partial charge in [-0.15, -0.1) is 0 Å². The Morgan fingerprint density at radius 3 is 0.510 bits per heavy atom. The first-order valence-electron chi connectivity index (χ1n) is 11.2. The van der Waals surface area contributed by atoms with Crippen molar-refractivity contribution in [3.8, 4) is 0 Å². The summed E-state index contributed by atoms with van der Waals surface area (Å²) < 4.78 is 75.0. The molecule has 0 saturated carbocycles. The van der Waals surface area contributed by atoms with Crippen LogP contribution in [0.3, 0.4) is 0 Å². The van der Waals surface area contributed by atoms with Gasteiger partial charge in [0.2, 0.25) is 0 Å². The predicted octanol–water partition coefficient (Wildman–Crippen LogP) is 4.83. The van der Waals surface area contributed by atoms with E-state index in [1.807, 2.05) is 0 Å². The van der Waals surface area contributed by atoms with Crippen LogP contribution < -0.4 is 21.2 Å². The van der Waals surface area contributed by atoms with E-state index in [4.69, 9.17) is 46.5 Å². The Balaban J connectivity index is -0.0000000901. The van der Waals surface area contributed by atoms with Gasteiger partial charge in [0.1, 0.15) is 0 Å². The minimum absolute atomic E-state index is 0. The van der Waals surface area contributed by atoms with Crippen LogP contribution in [0.15, 0.2) is 121 Å². The summed E-state index contributed by atoms with van der Waals surface area (Å²) in [5.41, 5.74) is 0. The van der Waals surface area contributed by atoms with Gasteiger partial charge in [0.25, 0.3) is 0 Å². The molecule has 0 N–H and O–H groups in total. The first-order chi connectivity index (χ1) is 23.4. The fourth-order valence-electron chi connectivity index (χ4n) is 3.20. The third-order valence-electron chi connectivity index (χ3n) is 4.55. The third-order valence-corrected chi connectivity index (χ3v) is 10.5. The van der Waals surface area contributed by atoms with Gasteiger partial charge in [-0.2, -0.15) is 0 Å². The molecule has 4 rings (SSSR count). The van der Waals surface area contributed by atoms with E-state index in [-0.39, 0.29) is 42.1 Å². The second kappa shape index (κ2) is 66.8. The molecule has 0 spiro atoms. The van der Waals surface area contributed by atoms with Gasteiger partial charge < -0.3 is 0 Å². The molecule has 0 amide bonds. The fraction of sp³-hybridized carbons (Fsp3) is 0.0286. The Kier molecular flexibility index (Phi) is 92.3. The molecule has 0 heterocycles. The molecular formula is C35H22O10P2W2. The SMILES string of the molecule is [C-]#[O+].[C-]#[O+].[C-]#[O+].[C-]#[O+].[C-]#[O+].[C-]#[O+].[C-]#[O+].[C-]#[O+].[C-]#[O+].[C-]#[O+].[W].[W].c1ccc(P(CP(c2ccccc2)c2ccccc2)c2ccccc2)cc1. The molecule has 0 unspecified atom stereocenters. The molecule has 0 aliphatic rings. The summed E-state index contributed by atoms with van der Waals surface area (Å²) >= 11 is 0. The van der Waals surface area contributed by atoms with Gasteiger partial charge in [0.15, 0.2) is 0 Å². The average molecular weight is 1030 g/mol. The van der Waals surface area contributed by atoms with E-state index >= 15 is 0 Å². The van der Waals surface area contributed by atoms with E-state index in [1.54, 1.807) is 0 Å². The van der Waals surface area contributed by atoms with Gasteiger partial charge in [-0.3, -0.25) is 0 Å². The second-order valence-corrected chi connectivity index (χ2v) is 11.2. The van der Waals surface area contributed by atoms with E-state index in [1.165, 1.54) is 27.1 Å². The summed E-state index contributed by atoms with van der Waals surface area (Å²) in [5.74, 6) is 1.17. The van der Waals surface area contributed by atoms with Gasteiger partial charge in [-0.1, -0.05) is 121 Å². The van der Waals surface area contributed by atoms with Crippen LogP contribution in [0, 0.1) is 66.5 Å². The minimum Gasteiger partial charge on any atom is -0.0622 e. The Hall–Kier alpha value is -3.48. The van der Waals surface area contributed by atoms with Crippen LogP contribution in [0.1, 0.15) is 0 Å². The van der Waals surface area contributed by atoms with Gasteiger partial charge in [-0.05, 0) is 37.1 Å². The average Bonchev–Trinajstić information content (AvgIpc) is 3.24. The minimum atomic E-state index is -0.409. The molecule has 0 aromatic heterocycles. The van der Waals surface area contributed by atoms with Crippen molar-refractivity contribution in [1.29, 1.82) is 0 Å². The zero-order valence-corrected chi connectivity index (χ0v) is 32.7. The zero-order chi connectivity index (χ0) is 38.3. The molecule has 0 fully saturated rings. The molecule has 10 nitrogen and oxygen atoms in total. The molecule has 0 aliphatic carbocycles. The van der Waals surface area contributed by atoms with Crippen LogP contribution in [-0.2, 0) is 88.7 Å². The molecule has 0 saturated heterocycles. The molecule has 0 radical (unpaired) electrons. The van der Waals surface area contributed by atoms with Crippen LogP contribution in [0.2, 0.25) is 0 Å². The zero-order valence-electron chi connectivity index (χ0n) is 25.0. The maximum atomic E-state index is 7.50. The Morgan fingerprint density at radius 1 is 0.265 bits per heavy atom. The summed E-state index contributed by atoms with van der Waals surface area (Å²) in [6.45, 7) is 45.0.